The molecule has 0 saturated heterocycles. The molecule has 0 saturated carbocycles. The molecular formula is C13H11ClFNO. The molecule has 0 bridgehead atoms. The van der Waals surface area contributed by atoms with Crippen molar-refractivity contribution in [2.75, 3.05) is 0 Å². The number of rotatable bonds is 2. The highest BCUT2D eigenvalue weighted by Crippen LogP contribution is 2.23. The quantitative estimate of drug-likeness (QED) is 0.831. The Morgan fingerprint density at radius 1 is 1.24 bits per heavy atom. The summed E-state index contributed by atoms with van der Waals surface area (Å²) in [7, 11) is 0. The van der Waals surface area contributed by atoms with E-state index < -0.39 is 6.10 Å². The van der Waals surface area contributed by atoms with E-state index in [0.717, 1.165) is 0 Å². The number of nitrogens with zero attached hydrogens (tertiary/aromatic N) is 1. The predicted molar refractivity (Wildman–Crippen MR) is 64.4 cm³/mol. The van der Waals surface area contributed by atoms with E-state index in [0.29, 0.717) is 21.8 Å². The number of benzene rings is 1. The average molecular weight is 252 g/mol. The van der Waals surface area contributed by atoms with Gasteiger partial charge in [-0.3, -0.25) is 0 Å². The van der Waals surface area contributed by atoms with E-state index in [1.807, 2.05) is 0 Å². The van der Waals surface area contributed by atoms with Gasteiger partial charge in [0.2, 0.25) is 0 Å². The summed E-state index contributed by atoms with van der Waals surface area (Å²) in [5.74, 6) is -0.330. The molecule has 1 aromatic heterocycles. The SMILES string of the molecule is Cc1ccc(C(O)c2ccc(Cl)nc2)cc1F. The van der Waals surface area contributed by atoms with E-state index in [4.69, 9.17) is 11.6 Å². The minimum absolute atomic E-state index is 0.330. The van der Waals surface area contributed by atoms with Gasteiger partial charge in [-0.1, -0.05) is 29.8 Å². The molecule has 4 heteroatoms. The average Bonchev–Trinajstić information content (AvgIpc) is 2.33. The Hall–Kier alpha value is -1.45. The smallest absolute Gasteiger partial charge is 0.129 e. The van der Waals surface area contributed by atoms with Crippen molar-refractivity contribution >= 4 is 11.6 Å². The molecule has 2 nitrogen and oxygen atoms in total. The third-order valence-corrected chi connectivity index (χ3v) is 2.80. The zero-order valence-electron chi connectivity index (χ0n) is 9.19. The molecule has 2 rings (SSSR count). The summed E-state index contributed by atoms with van der Waals surface area (Å²) < 4.78 is 13.4. The van der Waals surface area contributed by atoms with Crippen LogP contribution < -0.4 is 0 Å². The molecule has 88 valence electrons. The number of hydrogen-bond donors (Lipinski definition) is 1. The second-order valence-electron chi connectivity index (χ2n) is 3.83. The number of pyridine rings is 1. The van der Waals surface area contributed by atoms with Crippen molar-refractivity contribution < 1.29 is 9.50 Å². The van der Waals surface area contributed by atoms with Gasteiger partial charge in [-0.2, -0.15) is 0 Å². The molecule has 1 N–H and O–H groups in total. The number of aliphatic hydroxyl groups excluding tert-OH is 1. The lowest BCUT2D eigenvalue weighted by Crippen LogP contribution is -2.01. The second kappa shape index (κ2) is 4.82. The Morgan fingerprint density at radius 3 is 2.53 bits per heavy atom. The van der Waals surface area contributed by atoms with Crippen molar-refractivity contribution in [3.05, 3.63) is 64.2 Å². The first kappa shape index (κ1) is 12.0. The topological polar surface area (TPSA) is 33.1 Å². The van der Waals surface area contributed by atoms with Crippen molar-refractivity contribution in [2.45, 2.75) is 13.0 Å². The maximum Gasteiger partial charge on any atom is 0.129 e. The summed E-state index contributed by atoms with van der Waals surface area (Å²) in [6.45, 7) is 1.68. The largest absolute Gasteiger partial charge is 0.384 e. The van der Waals surface area contributed by atoms with Gasteiger partial charge in [-0.05, 0) is 30.2 Å². The van der Waals surface area contributed by atoms with Crippen LogP contribution >= 0.6 is 11.6 Å². The van der Waals surface area contributed by atoms with Crippen molar-refractivity contribution in [1.82, 2.24) is 4.98 Å². The summed E-state index contributed by atoms with van der Waals surface area (Å²) in [4.78, 5) is 3.88. The number of aliphatic hydroxyl groups is 1. The Balaban J connectivity index is 2.33. The van der Waals surface area contributed by atoms with Crippen LogP contribution in [0.3, 0.4) is 0 Å². The van der Waals surface area contributed by atoms with Crippen molar-refractivity contribution in [2.24, 2.45) is 0 Å². The van der Waals surface area contributed by atoms with Gasteiger partial charge in [0.05, 0.1) is 0 Å². The van der Waals surface area contributed by atoms with Gasteiger partial charge < -0.3 is 5.11 Å². The number of hydrogen-bond acceptors (Lipinski definition) is 2. The van der Waals surface area contributed by atoms with Gasteiger partial charge in [-0.25, -0.2) is 9.37 Å². The lowest BCUT2D eigenvalue weighted by atomic mass is 10.0. The minimum atomic E-state index is -0.894. The molecule has 0 radical (unpaired) electrons. The molecule has 2 aromatic rings. The van der Waals surface area contributed by atoms with Crippen molar-refractivity contribution in [3.8, 4) is 0 Å². The van der Waals surface area contributed by atoms with E-state index in [9.17, 15) is 9.50 Å². The molecule has 0 amide bonds. The van der Waals surface area contributed by atoms with Gasteiger partial charge in [-0.15, -0.1) is 0 Å². The van der Waals surface area contributed by atoms with Gasteiger partial charge >= 0.3 is 0 Å². The first-order valence-electron chi connectivity index (χ1n) is 5.13. The highest BCUT2D eigenvalue weighted by atomic mass is 35.5. The number of aromatic nitrogens is 1. The van der Waals surface area contributed by atoms with E-state index in [1.165, 1.54) is 12.3 Å². The third kappa shape index (κ3) is 2.62. The third-order valence-electron chi connectivity index (χ3n) is 2.58. The predicted octanol–water partition coefficient (Wildman–Crippen LogP) is 3.26. The summed E-state index contributed by atoms with van der Waals surface area (Å²) in [6.07, 6.45) is 0.583. The fourth-order valence-electron chi connectivity index (χ4n) is 1.52. The van der Waals surface area contributed by atoms with Crippen molar-refractivity contribution in [3.63, 3.8) is 0 Å². The monoisotopic (exact) mass is 251 g/mol. The summed E-state index contributed by atoms with van der Waals surface area (Å²) in [5, 5.41) is 10.4. The van der Waals surface area contributed by atoms with E-state index in [1.54, 1.807) is 31.2 Å². The Labute approximate surface area is 104 Å². The van der Waals surface area contributed by atoms with Crippen LogP contribution in [0.1, 0.15) is 22.8 Å². The van der Waals surface area contributed by atoms with Crippen LogP contribution in [0.4, 0.5) is 4.39 Å². The molecular weight excluding hydrogens is 241 g/mol. The molecule has 17 heavy (non-hydrogen) atoms. The molecule has 1 heterocycles. The first-order valence-corrected chi connectivity index (χ1v) is 5.51. The highest BCUT2D eigenvalue weighted by molar-refractivity contribution is 6.29. The fraction of sp³-hybridized carbons (Fsp3) is 0.154. The zero-order chi connectivity index (χ0) is 12.4. The van der Waals surface area contributed by atoms with Crippen LogP contribution in [0.2, 0.25) is 5.15 Å². The summed E-state index contributed by atoms with van der Waals surface area (Å²) in [6, 6.07) is 7.91. The highest BCUT2D eigenvalue weighted by Gasteiger charge is 2.12. The molecule has 1 unspecified atom stereocenters. The van der Waals surface area contributed by atoms with Gasteiger partial charge in [0.25, 0.3) is 0 Å². The van der Waals surface area contributed by atoms with Gasteiger partial charge in [0.15, 0.2) is 0 Å². The zero-order valence-corrected chi connectivity index (χ0v) is 9.95. The van der Waals surface area contributed by atoms with Crippen molar-refractivity contribution in [1.29, 1.82) is 0 Å². The number of halogens is 2. The molecule has 1 atom stereocenters. The molecule has 0 aliphatic rings. The maximum atomic E-state index is 13.4. The van der Waals surface area contributed by atoms with E-state index in [2.05, 4.69) is 4.98 Å². The van der Waals surface area contributed by atoms with Crippen LogP contribution in [0.15, 0.2) is 36.5 Å². The molecule has 0 aliphatic carbocycles. The van der Waals surface area contributed by atoms with Crippen LogP contribution in [-0.2, 0) is 0 Å². The Morgan fingerprint density at radius 2 is 1.94 bits per heavy atom. The molecule has 0 aliphatic heterocycles. The van der Waals surface area contributed by atoms with Gasteiger partial charge in [0, 0.05) is 11.8 Å². The Bertz CT molecular complexity index is 527. The maximum absolute atomic E-state index is 13.4. The lowest BCUT2D eigenvalue weighted by Gasteiger charge is -2.11. The minimum Gasteiger partial charge on any atom is -0.384 e. The molecule has 1 aromatic carbocycles. The van der Waals surface area contributed by atoms with Crippen LogP contribution in [0.25, 0.3) is 0 Å². The summed E-state index contributed by atoms with van der Waals surface area (Å²) in [5.41, 5.74) is 1.63. The van der Waals surface area contributed by atoms with E-state index >= 15 is 0 Å². The van der Waals surface area contributed by atoms with Crippen LogP contribution in [0.5, 0.6) is 0 Å². The first-order chi connectivity index (χ1) is 8.08. The number of aryl methyl sites for hydroxylation is 1. The van der Waals surface area contributed by atoms with E-state index in [-0.39, 0.29) is 5.82 Å². The second-order valence-corrected chi connectivity index (χ2v) is 4.21. The van der Waals surface area contributed by atoms with Crippen LogP contribution in [0, 0.1) is 12.7 Å². The fourth-order valence-corrected chi connectivity index (χ4v) is 1.63. The Kier molecular flexibility index (Phi) is 3.41. The van der Waals surface area contributed by atoms with Gasteiger partial charge in [0.1, 0.15) is 17.1 Å². The summed E-state index contributed by atoms with van der Waals surface area (Å²) >= 11 is 5.66. The van der Waals surface area contributed by atoms with Crippen LogP contribution in [-0.4, -0.2) is 10.1 Å². The normalized spacial score (nSPS) is 12.5. The standard InChI is InChI=1S/C13H11ClFNO/c1-8-2-3-9(6-11(8)15)13(17)10-4-5-12(14)16-7-10/h2-7,13,17H,1H3. The molecule has 0 spiro atoms. The lowest BCUT2D eigenvalue weighted by molar-refractivity contribution is 0.219. The molecule has 0 fully saturated rings.